The summed E-state index contributed by atoms with van der Waals surface area (Å²) in [5.41, 5.74) is 1.84. The maximum absolute atomic E-state index is 16.3. The number of halogens is 3. The van der Waals surface area contributed by atoms with E-state index in [-0.39, 0.29) is 46.5 Å². The van der Waals surface area contributed by atoms with E-state index in [0.717, 1.165) is 108 Å². The molecule has 65 heavy (non-hydrogen) atoms. The van der Waals surface area contributed by atoms with Crippen molar-refractivity contribution < 1.29 is 23.6 Å². The van der Waals surface area contributed by atoms with Crippen molar-refractivity contribution in [1.82, 2.24) is 39.8 Å². The van der Waals surface area contributed by atoms with Crippen molar-refractivity contribution in [2.45, 2.75) is 99.3 Å². The zero-order chi connectivity index (χ0) is 45.2. The Morgan fingerprint density at radius 2 is 1.55 bits per heavy atom. The highest BCUT2D eigenvalue weighted by molar-refractivity contribution is 6.31. The Balaban J connectivity index is 0.754. The first-order chi connectivity index (χ1) is 31.4. The first kappa shape index (κ1) is 44.2. The number of hydrogen-bond acceptors (Lipinski definition) is 9. The molecule has 5 fully saturated rings. The zero-order valence-corrected chi connectivity index (χ0v) is 38.2. The predicted octanol–water partition coefficient (Wildman–Crippen LogP) is 4.81. The van der Waals surface area contributed by atoms with Crippen LogP contribution in [0.25, 0.3) is 11.0 Å². The van der Waals surface area contributed by atoms with Gasteiger partial charge in [0, 0.05) is 101 Å². The van der Waals surface area contributed by atoms with Crippen LogP contribution in [0, 0.1) is 5.82 Å². The largest absolute Gasteiger partial charge is 0.352 e. The van der Waals surface area contributed by atoms with Crippen molar-refractivity contribution in [3.05, 3.63) is 97.6 Å². The van der Waals surface area contributed by atoms with Crippen LogP contribution >= 0.6 is 23.2 Å². The van der Waals surface area contributed by atoms with Gasteiger partial charge in [0.25, 0.3) is 0 Å². The number of carbonyl (C=O) groups is 4. The molecule has 1 aliphatic carbocycles. The molecule has 4 aromatic rings. The van der Waals surface area contributed by atoms with Crippen LogP contribution in [0.3, 0.4) is 0 Å². The van der Waals surface area contributed by atoms with Crippen molar-refractivity contribution in [3.63, 3.8) is 0 Å². The van der Waals surface area contributed by atoms with Gasteiger partial charge >= 0.3 is 5.69 Å². The van der Waals surface area contributed by atoms with Gasteiger partial charge in [-0.1, -0.05) is 66.7 Å². The third-order valence-electron chi connectivity index (χ3n) is 15.5. The van der Waals surface area contributed by atoms with Gasteiger partial charge in [-0.2, -0.15) is 0 Å². The number of piperidine rings is 2. The van der Waals surface area contributed by atoms with E-state index in [1.54, 1.807) is 35.9 Å². The molecule has 14 nitrogen and oxygen atoms in total. The number of benzene rings is 3. The average Bonchev–Trinajstić information content (AvgIpc) is 3.85. The van der Waals surface area contributed by atoms with Crippen LogP contribution in [-0.4, -0.2) is 117 Å². The van der Waals surface area contributed by atoms with Crippen molar-refractivity contribution in [3.8, 4) is 0 Å². The number of imide groups is 1. The van der Waals surface area contributed by atoms with Gasteiger partial charge in [-0.3, -0.25) is 48.7 Å². The van der Waals surface area contributed by atoms with Gasteiger partial charge in [-0.15, -0.1) is 0 Å². The second-order valence-electron chi connectivity index (χ2n) is 19.1. The van der Waals surface area contributed by atoms with E-state index in [1.165, 1.54) is 10.6 Å². The number of imidazole rings is 1. The number of piperazine rings is 1. The number of carbonyl (C=O) groups excluding carboxylic acids is 4. The summed E-state index contributed by atoms with van der Waals surface area (Å²) in [6, 6.07) is 14.6. The van der Waals surface area contributed by atoms with Gasteiger partial charge in [0.05, 0.1) is 22.1 Å². The molecule has 5 aliphatic heterocycles. The lowest BCUT2D eigenvalue weighted by molar-refractivity contribution is -0.136. The maximum Gasteiger partial charge on any atom is 0.329 e. The molecule has 3 aromatic carbocycles. The molecule has 1 saturated carbocycles. The van der Waals surface area contributed by atoms with Gasteiger partial charge < -0.3 is 15.5 Å². The fourth-order valence-electron chi connectivity index (χ4n) is 12.3. The van der Waals surface area contributed by atoms with Crippen LogP contribution in [0.15, 0.2) is 59.4 Å². The quantitative estimate of drug-likeness (QED) is 0.174. The standard InChI is InChI=1S/C48H56Cl2FN9O5/c1-56-38-26-29(8-11-36(38)60(46(56)65)37-12-13-39(61)54-43(37)62)28-59-24-22-58(23-25-59)21-20-57-18-14-31(15-19-57)52-44(63)42-40(32-6-5-7-34(50)41(32)51)48(47(55-42)16-3-2-4-17-47)33-10-9-30(49)27-35(33)53-45(48)64/h5-11,26-27,31,37,40,42,55H,2-4,12-25,28H2,1H3,(H,52,63)(H,53,64)(H,54,61,62)/t37?,40-,42+,48+/m0/s1. The van der Waals surface area contributed by atoms with Crippen LogP contribution in [0.5, 0.6) is 0 Å². The highest BCUT2D eigenvalue weighted by atomic mass is 35.5. The maximum atomic E-state index is 16.3. The van der Waals surface area contributed by atoms with Gasteiger partial charge in [0.15, 0.2) is 0 Å². The predicted molar refractivity (Wildman–Crippen MR) is 247 cm³/mol. The number of fused-ring (bicyclic) bond motifs is 4. The summed E-state index contributed by atoms with van der Waals surface area (Å²) in [5, 5.41) is 13.0. The van der Waals surface area contributed by atoms with Crippen LogP contribution in [-0.2, 0) is 38.2 Å². The fraction of sp³-hybridized carbons (Fsp3) is 0.521. The summed E-state index contributed by atoms with van der Waals surface area (Å²) < 4.78 is 19.4. The first-order valence-electron chi connectivity index (χ1n) is 23.2. The second-order valence-corrected chi connectivity index (χ2v) is 19.9. The van der Waals surface area contributed by atoms with Crippen LogP contribution in [0.2, 0.25) is 10.0 Å². The molecule has 0 bridgehead atoms. The molecule has 10 rings (SSSR count). The molecule has 4 saturated heterocycles. The molecule has 1 aromatic heterocycles. The molecular formula is C48H56Cl2FN9O5. The minimum atomic E-state index is -1.26. The number of amides is 4. The number of nitrogens with zero attached hydrogens (tertiary/aromatic N) is 5. The number of rotatable bonds is 9. The van der Waals surface area contributed by atoms with Crippen molar-refractivity contribution in [2.24, 2.45) is 7.05 Å². The third kappa shape index (κ3) is 7.69. The third-order valence-corrected chi connectivity index (χ3v) is 16.0. The number of anilines is 1. The molecule has 2 spiro atoms. The van der Waals surface area contributed by atoms with Crippen LogP contribution < -0.4 is 27.0 Å². The topological polar surface area (TPSA) is 153 Å². The second kappa shape index (κ2) is 17.5. The Kier molecular flexibility index (Phi) is 11.9. The van der Waals surface area contributed by atoms with Gasteiger partial charge in [0.1, 0.15) is 17.3 Å². The number of aryl methyl sites for hydroxylation is 1. The average molecular weight is 929 g/mol. The van der Waals surface area contributed by atoms with E-state index < -0.39 is 40.7 Å². The first-order valence-corrected chi connectivity index (χ1v) is 24.0. The number of hydrogen-bond donors (Lipinski definition) is 4. The molecule has 4 atom stereocenters. The molecule has 4 amide bonds. The molecular weight excluding hydrogens is 872 g/mol. The van der Waals surface area contributed by atoms with E-state index in [2.05, 4.69) is 36.0 Å². The van der Waals surface area contributed by atoms with Crippen molar-refractivity contribution in [2.75, 3.05) is 57.7 Å². The lowest BCUT2D eigenvalue weighted by atomic mass is 9.55. The summed E-state index contributed by atoms with van der Waals surface area (Å²) in [6.45, 7) is 8.04. The van der Waals surface area contributed by atoms with Gasteiger partial charge in [-0.05, 0) is 79.1 Å². The normalized spacial score (nSPS) is 26.5. The fourth-order valence-corrected chi connectivity index (χ4v) is 12.6. The number of aromatic nitrogens is 2. The molecule has 4 N–H and O–H groups in total. The lowest BCUT2D eigenvalue weighted by Crippen LogP contribution is -2.60. The Hall–Kier alpha value is -4.64. The Morgan fingerprint density at radius 1 is 0.831 bits per heavy atom. The summed E-state index contributed by atoms with van der Waals surface area (Å²) in [5.74, 6) is -2.68. The Labute approximate surface area is 387 Å². The Bertz CT molecular complexity index is 2610. The zero-order valence-electron chi connectivity index (χ0n) is 36.6. The van der Waals surface area contributed by atoms with Gasteiger partial charge in [0.2, 0.25) is 23.6 Å². The molecule has 17 heteroatoms. The SMILES string of the molecule is Cn1c(=O)n(C2CCC(=O)NC2=O)c2ccc(CN3CCN(CCN4CCC(NC(=O)[C@@H]5NC6(CCCCC6)[C@@]6(C(=O)Nc7cc(Cl)ccc76)[C@H]5c5cccc(Cl)c5F)CC4)CC3)cc21. The van der Waals surface area contributed by atoms with E-state index >= 15 is 4.39 Å². The summed E-state index contributed by atoms with van der Waals surface area (Å²) >= 11 is 12.9. The van der Waals surface area contributed by atoms with Gasteiger partial charge in [-0.25, -0.2) is 9.18 Å². The van der Waals surface area contributed by atoms with Crippen LogP contribution in [0.4, 0.5) is 10.1 Å². The highest BCUT2D eigenvalue weighted by Gasteiger charge is 2.72. The highest BCUT2D eigenvalue weighted by Crippen LogP contribution is 2.62. The molecule has 0 radical (unpaired) electrons. The minimum Gasteiger partial charge on any atom is -0.352 e. The Morgan fingerprint density at radius 3 is 2.29 bits per heavy atom. The molecule has 6 aliphatic rings. The number of nitrogens with one attached hydrogen (secondary N) is 4. The van der Waals surface area contributed by atoms with Crippen molar-refractivity contribution >= 4 is 63.6 Å². The van der Waals surface area contributed by atoms with E-state index in [0.29, 0.717) is 35.5 Å². The van der Waals surface area contributed by atoms with Crippen LogP contribution in [0.1, 0.15) is 86.4 Å². The number of likely N-dealkylation sites (tertiary alicyclic amines) is 1. The minimum absolute atomic E-state index is 0.0454. The lowest BCUT2D eigenvalue weighted by Gasteiger charge is -2.47. The monoisotopic (exact) mass is 927 g/mol. The summed E-state index contributed by atoms with van der Waals surface area (Å²) in [6.07, 6.45) is 6.20. The molecule has 344 valence electrons. The summed E-state index contributed by atoms with van der Waals surface area (Å²) in [7, 11) is 1.72. The molecule has 1 unspecified atom stereocenters. The van der Waals surface area contributed by atoms with E-state index in [1.807, 2.05) is 24.3 Å². The van der Waals surface area contributed by atoms with E-state index in [9.17, 15) is 24.0 Å². The molecule has 6 heterocycles. The summed E-state index contributed by atoms with van der Waals surface area (Å²) in [4.78, 5) is 74.4. The van der Waals surface area contributed by atoms with Crippen molar-refractivity contribution in [1.29, 1.82) is 0 Å². The smallest absolute Gasteiger partial charge is 0.329 e. The van der Waals surface area contributed by atoms with E-state index in [4.69, 9.17) is 23.2 Å².